The largest absolute Gasteiger partial charge is 0.416 e. The van der Waals surface area contributed by atoms with E-state index in [1.165, 1.54) is 29.2 Å². The molecule has 0 radical (unpaired) electrons. The Bertz CT molecular complexity index is 1160. The van der Waals surface area contributed by atoms with E-state index in [1.807, 2.05) is 6.92 Å². The molecule has 0 atom stereocenters. The number of halogens is 4. The zero-order chi connectivity index (χ0) is 29.7. The summed E-state index contributed by atoms with van der Waals surface area (Å²) in [6.07, 6.45) is -0.577. The average molecular weight is 565 g/mol. The van der Waals surface area contributed by atoms with E-state index in [0.717, 1.165) is 48.8 Å². The van der Waals surface area contributed by atoms with Gasteiger partial charge in [-0.15, -0.1) is 0 Å². The smallest absolute Gasteiger partial charge is 0.393 e. The number of anilines is 1. The maximum Gasteiger partial charge on any atom is 0.416 e. The van der Waals surface area contributed by atoms with Crippen LogP contribution in [0.4, 0.5) is 23.2 Å². The molecule has 1 N–H and O–H groups in total. The van der Waals surface area contributed by atoms with Gasteiger partial charge in [-0.1, -0.05) is 25.5 Å². The number of amides is 3. The number of carbonyl (C=O) groups excluding carboxylic acids is 3. The minimum Gasteiger partial charge on any atom is -0.393 e. The highest BCUT2D eigenvalue weighted by Crippen LogP contribution is 2.29. The zero-order valence-corrected chi connectivity index (χ0v) is 22.1. The lowest BCUT2D eigenvalue weighted by Crippen LogP contribution is -2.40. The first kappa shape index (κ1) is 32.2. The molecule has 0 unspecified atom stereocenters. The second-order valence-electron chi connectivity index (χ2n) is 9.25. The maximum absolute atomic E-state index is 14.2. The number of aliphatic hydroxyl groups is 1. The van der Waals surface area contributed by atoms with Crippen LogP contribution in [0.1, 0.15) is 49.3 Å². The number of piperidine rings is 1. The summed E-state index contributed by atoms with van der Waals surface area (Å²) < 4.78 is 52.5. The number of benzene rings is 2. The minimum absolute atomic E-state index is 0.0551. The number of hydrogen-bond donors (Lipinski definition) is 1. The van der Waals surface area contributed by atoms with Gasteiger partial charge in [-0.3, -0.25) is 14.4 Å². The standard InChI is InChI=1S/C22H21F4N3O2.C6H11NO2/c1-2-3-10-28(13-16-4-7-18(8-5-16)22(24,25)26)21(31)14-29(15-30)20-9-6-17(12-27)11-19(20)23;8-5-7-3-1-6(9)2-4-7/h4-9,11,15H,2-3,10,13-14H2,1H3;5-6,9H,1-4H2. The molecule has 1 aliphatic rings. The predicted molar refractivity (Wildman–Crippen MR) is 139 cm³/mol. The van der Waals surface area contributed by atoms with Gasteiger partial charge < -0.3 is 19.8 Å². The molecule has 1 aliphatic heterocycles. The van der Waals surface area contributed by atoms with Gasteiger partial charge in [0.05, 0.1) is 29.0 Å². The summed E-state index contributed by atoms with van der Waals surface area (Å²) in [5.41, 5.74) is -0.358. The normalized spacial score (nSPS) is 13.5. The van der Waals surface area contributed by atoms with E-state index >= 15 is 0 Å². The first-order chi connectivity index (χ1) is 19.0. The highest BCUT2D eigenvalue weighted by molar-refractivity contribution is 5.89. The number of unbranched alkanes of at least 4 members (excludes halogenated alkanes) is 1. The molecule has 1 heterocycles. The predicted octanol–water partition coefficient (Wildman–Crippen LogP) is 4.11. The zero-order valence-electron chi connectivity index (χ0n) is 22.1. The molecule has 0 aliphatic carbocycles. The van der Waals surface area contributed by atoms with Crippen LogP contribution in [-0.4, -0.2) is 65.9 Å². The fourth-order valence-electron chi connectivity index (χ4n) is 3.89. The van der Waals surface area contributed by atoms with E-state index in [-0.39, 0.29) is 23.9 Å². The number of alkyl halides is 3. The molecule has 1 saturated heterocycles. The van der Waals surface area contributed by atoms with Crippen LogP contribution in [0.25, 0.3) is 0 Å². The molecule has 3 amide bonds. The van der Waals surface area contributed by atoms with Crippen LogP contribution in [0.3, 0.4) is 0 Å². The average Bonchev–Trinajstić information content (AvgIpc) is 2.94. The quantitative estimate of drug-likeness (QED) is 0.346. The number of likely N-dealkylation sites (tertiary alicyclic amines) is 1. The maximum atomic E-state index is 14.2. The van der Waals surface area contributed by atoms with Gasteiger partial charge in [0, 0.05) is 26.2 Å². The van der Waals surface area contributed by atoms with Crippen LogP contribution in [0, 0.1) is 17.1 Å². The van der Waals surface area contributed by atoms with Gasteiger partial charge >= 0.3 is 6.18 Å². The van der Waals surface area contributed by atoms with Crippen LogP contribution in [0.5, 0.6) is 0 Å². The van der Waals surface area contributed by atoms with E-state index in [9.17, 15) is 31.9 Å². The van der Waals surface area contributed by atoms with Gasteiger partial charge in [-0.25, -0.2) is 4.39 Å². The van der Waals surface area contributed by atoms with Crippen molar-refractivity contribution in [2.75, 3.05) is 31.1 Å². The van der Waals surface area contributed by atoms with E-state index < -0.39 is 30.0 Å². The van der Waals surface area contributed by atoms with Crippen molar-refractivity contribution in [3.8, 4) is 6.07 Å². The van der Waals surface area contributed by atoms with Gasteiger partial charge in [-0.2, -0.15) is 18.4 Å². The van der Waals surface area contributed by atoms with Crippen molar-refractivity contribution in [1.29, 1.82) is 5.26 Å². The Hall–Kier alpha value is -3.98. The first-order valence-electron chi connectivity index (χ1n) is 12.7. The lowest BCUT2D eigenvalue weighted by atomic mass is 10.1. The summed E-state index contributed by atoms with van der Waals surface area (Å²) in [5, 5.41) is 17.8. The monoisotopic (exact) mass is 564 g/mol. The van der Waals surface area contributed by atoms with Crippen molar-refractivity contribution in [3.05, 3.63) is 65.0 Å². The Morgan fingerprint density at radius 2 is 1.80 bits per heavy atom. The van der Waals surface area contributed by atoms with Crippen LogP contribution in [-0.2, 0) is 27.1 Å². The van der Waals surface area contributed by atoms with Crippen LogP contribution >= 0.6 is 0 Å². The third-order valence-corrected chi connectivity index (χ3v) is 6.26. The molecule has 2 aromatic carbocycles. The summed E-state index contributed by atoms with van der Waals surface area (Å²) in [5.74, 6) is -1.30. The fourth-order valence-corrected chi connectivity index (χ4v) is 3.89. The highest BCUT2D eigenvalue weighted by Gasteiger charge is 2.30. The van der Waals surface area contributed by atoms with Gasteiger partial charge in [0.25, 0.3) is 0 Å². The molecule has 216 valence electrons. The molecule has 40 heavy (non-hydrogen) atoms. The van der Waals surface area contributed by atoms with Crippen molar-refractivity contribution >= 4 is 24.4 Å². The van der Waals surface area contributed by atoms with E-state index in [1.54, 1.807) is 11.0 Å². The highest BCUT2D eigenvalue weighted by atomic mass is 19.4. The molecule has 2 aromatic rings. The van der Waals surface area contributed by atoms with Gasteiger partial charge in [-0.05, 0) is 55.2 Å². The number of carbonyl (C=O) groups is 3. The fraction of sp³-hybridized carbons (Fsp3) is 0.429. The number of aliphatic hydroxyl groups excluding tert-OH is 1. The van der Waals surface area contributed by atoms with E-state index in [0.29, 0.717) is 38.0 Å². The number of rotatable bonds is 10. The first-order valence-corrected chi connectivity index (χ1v) is 12.7. The molecule has 0 spiro atoms. The number of hydrogen-bond acceptors (Lipinski definition) is 5. The Kier molecular flexibility index (Phi) is 12.5. The van der Waals surface area contributed by atoms with Gasteiger partial charge in [0.1, 0.15) is 12.4 Å². The lowest BCUT2D eigenvalue weighted by molar-refractivity contribution is -0.137. The molecule has 0 bridgehead atoms. The van der Waals surface area contributed by atoms with E-state index in [2.05, 4.69) is 0 Å². The molecular formula is C28H32F4N4O4. The summed E-state index contributed by atoms with van der Waals surface area (Å²) >= 11 is 0. The summed E-state index contributed by atoms with van der Waals surface area (Å²) in [4.78, 5) is 38.4. The van der Waals surface area contributed by atoms with Crippen molar-refractivity contribution in [3.63, 3.8) is 0 Å². The molecule has 0 saturated carbocycles. The molecule has 0 aromatic heterocycles. The van der Waals surface area contributed by atoms with Crippen LogP contribution < -0.4 is 4.90 Å². The van der Waals surface area contributed by atoms with Crippen LogP contribution in [0.15, 0.2) is 42.5 Å². The summed E-state index contributed by atoms with van der Waals surface area (Å²) in [7, 11) is 0. The van der Waals surface area contributed by atoms with Crippen molar-refractivity contribution in [1.82, 2.24) is 9.80 Å². The van der Waals surface area contributed by atoms with Gasteiger partial charge in [0.15, 0.2) is 0 Å². The van der Waals surface area contributed by atoms with Crippen molar-refractivity contribution in [2.24, 2.45) is 0 Å². The molecule has 8 nitrogen and oxygen atoms in total. The molecular weight excluding hydrogens is 532 g/mol. The summed E-state index contributed by atoms with van der Waals surface area (Å²) in [6, 6.07) is 9.80. The summed E-state index contributed by atoms with van der Waals surface area (Å²) in [6.45, 7) is 3.29. The van der Waals surface area contributed by atoms with Crippen molar-refractivity contribution < 1.29 is 37.1 Å². The second kappa shape index (κ2) is 15.6. The number of nitrogens with zero attached hydrogens (tertiary/aromatic N) is 4. The van der Waals surface area contributed by atoms with Crippen molar-refractivity contribution in [2.45, 2.75) is 51.4 Å². The molecule has 3 rings (SSSR count). The number of nitriles is 1. The SMILES string of the molecule is CCCCN(Cc1ccc(C(F)(F)F)cc1)C(=O)CN(C=O)c1ccc(C#N)cc1F.O=CN1CCC(O)CC1. The Balaban J connectivity index is 0.000000526. The van der Waals surface area contributed by atoms with Gasteiger partial charge in [0.2, 0.25) is 18.7 Å². The topological polar surface area (TPSA) is 105 Å². The molecule has 12 heteroatoms. The Labute approximate surface area is 230 Å². The second-order valence-corrected chi connectivity index (χ2v) is 9.25. The third kappa shape index (κ3) is 9.96. The minimum atomic E-state index is -4.45. The van der Waals surface area contributed by atoms with Crippen LogP contribution in [0.2, 0.25) is 0 Å². The van der Waals surface area contributed by atoms with E-state index in [4.69, 9.17) is 10.4 Å². The third-order valence-electron chi connectivity index (χ3n) is 6.26. The molecule has 1 fully saturated rings. The Morgan fingerprint density at radius 3 is 2.30 bits per heavy atom. The Morgan fingerprint density at radius 1 is 1.15 bits per heavy atom. The lowest BCUT2D eigenvalue weighted by Gasteiger charge is -2.26.